The van der Waals surface area contributed by atoms with Gasteiger partial charge in [-0.3, -0.25) is 19.4 Å². The number of nitrogens with one attached hydrogen (secondary N) is 1. The van der Waals surface area contributed by atoms with Crippen LogP contribution in [0.5, 0.6) is 5.75 Å². The average molecular weight is 396 g/mol. The molecule has 0 atom stereocenters. The summed E-state index contributed by atoms with van der Waals surface area (Å²) in [6.45, 7) is 8.05. The van der Waals surface area contributed by atoms with Crippen molar-refractivity contribution in [1.82, 2.24) is 10.2 Å². The normalized spacial score (nSPS) is 13.6. The number of rotatable bonds is 8. The number of ether oxygens (including phenoxy) is 1. The fourth-order valence-electron chi connectivity index (χ4n) is 3.36. The van der Waals surface area contributed by atoms with Crippen LogP contribution in [0, 0.1) is 0 Å². The molecule has 1 heterocycles. The number of anilines is 1. The molecular formula is C23H29N3O3. The molecule has 1 aliphatic heterocycles. The molecule has 0 saturated carbocycles. The molecule has 6 heteroatoms. The first kappa shape index (κ1) is 20.9. The van der Waals surface area contributed by atoms with Crippen molar-refractivity contribution in [3.63, 3.8) is 0 Å². The van der Waals surface area contributed by atoms with Crippen LogP contribution in [-0.2, 0) is 22.7 Å². The van der Waals surface area contributed by atoms with Gasteiger partial charge in [-0.25, -0.2) is 0 Å². The van der Waals surface area contributed by atoms with E-state index in [4.69, 9.17) is 4.74 Å². The summed E-state index contributed by atoms with van der Waals surface area (Å²) >= 11 is 0. The van der Waals surface area contributed by atoms with Crippen LogP contribution in [0.2, 0.25) is 0 Å². The second-order valence-electron chi connectivity index (χ2n) is 7.10. The maximum atomic E-state index is 12.5. The van der Waals surface area contributed by atoms with Crippen LogP contribution in [0.1, 0.15) is 31.4 Å². The average Bonchev–Trinajstić information content (AvgIpc) is 2.90. The molecule has 2 amide bonds. The predicted molar refractivity (Wildman–Crippen MR) is 114 cm³/mol. The number of para-hydroxylation sites is 2. The molecule has 6 nitrogen and oxygen atoms in total. The summed E-state index contributed by atoms with van der Waals surface area (Å²) in [5.41, 5.74) is 2.94. The van der Waals surface area contributed by atoms with Crippen LogP contribution in [0.25, 0.3) is 0 Å². The molecular weight excluding hydrogens is 366 g/mol. The van der Waals surface area contributed by atoms with Crippen LogP contribution in [0.3, 0.4) is 0 Å². The summed E-state index contributed by atoms with van der Waals surface area (Å²) in [6.07, 6.45) is 0.260. The third kappa shape index (κ3) is 5.57. The van der Waals surface area contributed by atoms with Gasteiger partial charge in [0.25, 0.3) is 0 Å². The van der Waals surface area contributed by atoms with E-state index in [1.54, 1.807) is 6.07 Å². The maximum absolute atomic E-state index is 12.5. The summed E-state index contributed by atoms with van der Waals surface area (Å²) in [6, 6.07) is 15.6. The van der Waals surface area contributed by atoms with Gasteiger partial charge < -0.3 is 10.1 Å². The Morgan fingerprint density at radius 3 is 2.48 bits per heavy atom. The van der Waals surface area contributed by atoms with Crippen molar-refractivity contribution in [3.05, 3.63) is 59.7 Å². The molecule has 2 aromatic rings. The first-order valence-electron chi connectivity index (χ1n) is 10.2. The van der Waals surface area contributed by atoms with Crippen molar-refractivity contribution in [2.45, 2.75) is 33.4 Å². The van der Waals surface area contributed by atoms with E-state index in [0.717, 1.165) is 25.2 Å². The minimum absolute atomic E-state index is 0.0146. The van der Waals surface area contributed by atoms with E-state index >= 15 is 0 Å². The highest BCUT2D eigenvalue weighted by atomic mass is 16.5. The topological polar surface area (TPSA) is 61.9 Å². The van der Waals surface area contributed by atoms with E-state index in [2.05, 4.69) is 36.2 Å². The van der Waals surface area contributed by atoms with Crippen LogP contribution in [0.15, 0.2) is 48.5 Å². The SMILES string of the molecule is CCN(CC)Cc1ccc(CNC(=O)CN2C(=O)CCOc3ccccc32)cc1. The Hall–Kier alpha value is -2.86. The highest BCUT2D eigenvalue weighted by Crippen LogP contribution is 2.30. The Morgan fingerprint density at radius 1 is 1.07 bits per heavy atom. The van der Waals surface area contributed by atoms with Gasteiger partial charge in [-0.15, -0.1) is 0 Å². The minimum Gasteiger partial charge on any atom is -0.491 e. The zero-order chi connectivity index (χ0) is 20.6. The van der Waals surface area contributed by atoms with Gasteiger partial charge in [0.2, 0.25) is 11.8 Å². The summed E-state index contributed by atoms with van der Waals surface area (Å²) in [4.78, 5) is 28.8. The number of carbonyl (C=O) groups excluding carboxylic acids is 2. The molecule has 0 bridgehead atoms. The third-order valence-corrected chi connectivity index (χ3v) is 5.15. The van der Waals surface area contributed by atoms with Gasteiger partial charge in [0.1, 0.15) is 12.3 Å². The largest absolute Gasteiger partial charge is 0.491 e. The molecule has 3 rings (SSSR count). The van der Waals surface area contributed by atoms with Gasteiger partial charge in [0.15, 0.2) is 0 Å². The maximum Gasteiger partial charge on any atom is 0.240 e. The number of amides is 2. The highest BCUT2D eigenvalue weighted by Gasteiger charge is 2.24. The molecule has 2 aromatic carbocycles. The van der Waals surface area contributed by atoms with E-state index in [-0.39, 0.29) is 24.8 Å². The first-order valence-corrected chi connectivity index (χ1v) is 10.2. The molecule has 0 unspecified atom stereocenters. The predicted octanol–water partition coefficient (Wildman–Crippen LogP) is 2.96. The van der Waals surface area contributed by atoms with E-state index in [1.165, 1.54) is 10.5 Å². The number of carbonyl (C=O) groups is 2. The lowest BCUT2D eigenvalue weighted by Crippen LogP contribution is -2.40. The molecule has 0 aromatic heterocycles. The monoisotopic (exact) mass is 395 g/mol. The molecule has 29 heavy (non-hydrogen) atoms. The lowest BCUT2D eigenvalue weighted by Gasteiger charge is -2.21. The molecule has 0 saturated heterocycles. The molecule has 0 fully saturated rings. The summed E-state index contributed by atoms with van der Waals surface area (Å²) in [5, 5.41) is 2.92. The van der Waals surface area contributed by atoms with Crippen molar-refractivity contribution in [1.29, 1.82) is 0 Å². The van der Waals surface area contributed by atoms with Crippen molar-refractivity contribution < 1.29 is 14.3 Å². The molecule has 0 radical (unpaired) electrons. The lowest BCUT2D eigenvalue weighted by molar-refractivity contribution is -0.124. The highest BCUT2D eigenvalue weighted by molar-refractivity contribution is 6.00. The smallest absolute Gasteiger partial charge is 0.240 e. The van der Waals surface area contributed by atoms with Gasteiger partial charge in [0.05, 0.1) is 18.7 Å². The van der Waals surface area contributed by atoms with Gasteiger partial charge >= 0.3 is 0 Å². The fraction of sp³-hybridized carbons (Fsp3) is 0.391. The van der Waals surface area contributed by atoms with Gasteiger partial charge in [-0.2, -0.15) is 0 Å². The van der Waals surface area contributed by atoms with Crippen molar-refractivity contribution >= 4 is 17.5 Å². The summed E-state index contributed by atoms with van der Waals surface area (Å²) in [5.74, 6) is 0.336. The molecule has 0 spiro atoms. The fourth-order valence-corrected chi connectivity index (χ4v) is 3.36. The van der Waals surface area contributed by atoms with Gasteiger partial charge in [0, 0.05) is 13.1 Å². The van der Waals surface area contributed by atoms with Crippen molar-refractivity contribution in [2.24, 2.45) is 0 Å². The number of nitrogens with zero attached hydrogens (tertiary/aromatic N) is 2. The third-order valence-electron chi connectivity index (χ3n) is 5.15. The van der Waals surface area contributed by atoms with Crippen LogP contribution in [-0.4, -0.2) is 43.0 Å². The molecule has 1 N–H and O–H groups in total. The lowest BCUT2D eigenvalue weighted by atomic mass is 10.1. The van der Waals surface area contributed by atoms with E-state index in [9.17, 15) is 9.59 Å². The first-order chi connectivity index (χ1) is 14.1. The van der Waals surface area contributed by atoms with Gasteiger partial charge in [-0.1, -0.05) is 50.2 Å². The Labute approximate surface area is 172 Å². The minimum atomic E-state index is -0.192. The second-order valence-corrected chi connectivity index (χ2v) is 7.10. The Balaban J connectivity index is 1.56. The standard InChI is InChI=1S/C23H29N3O3/c1-3-25(4-2)16-19-11-9-18(10-12-19)15-24-22(27)17-26-20-7-5-6-8-21(20)29-14-13-23(26)28/h5-12H,3-4,13-17H2,1-2H3,(H,24,27). The quantitative estimate of drug-likeness (QED) is 0.747. The zero-order valence-corrected chi connectivity index (χ0v) is 17.2. The van der Waals surface area contributed by atoms with Gasteiger partial charge in [-0.05, 0) is 36.3 Å². The second kappa shape index (κ2) is 10.1. The molecule has 1 aliphatic rings. The van der Waals surface area contributed by atoms with E-state index < -0.39 is 0 Å². The van der Waals surface area contributed by atoms with Crippen LogP contribution in [0.4, 0.5) is 5.69 Å². The number of hydrogen-bond donors (Lipinski definition) is 1. The van der Waals surface area contributed by atoms with Crippen LogP contribution < -0.4 is 15.0 Å². The summed E-state index contributed by atoms with van der Waals surface area (Å²) in [7, 11) is 0. The number of benzene rings is 2. The van der Waals surface area contributed by atoms with Crippen LogP contribution >= 0.6 is 0 Å². The van der Waals surface area contributed by atoms with E-state index in [0.29, 0.717) is 24.6 Å². The van der Waals surface area contributed by atoms with Crippen molar-refractivity contribution in [2.75, 3.05) is 31.1 Å². The zero-order valence-electron chi connectivity index (χ0n) is 17.2. The number of hydrogen-bond acceptors (Lipinski definition) is 4. The Morgan fingerprint density at radius 2 is 1.76 bits per heavy atom. The Bertz CT molecular complexity index is 832. The van der Waals surface area contributed by atoms with E-state index in [1.807, 2.05) is 30.3 Å². The summed E-state index contributed by atoms with van der Waals surface area (Å²) < 4.78 is 5.62. The Kier molecular flexibility index (Phi) is 7.25. The number of fused-ring (bicyclic) bond motifs is 1. The van der Waals surface area contributed by atoms with Crippen molar-refractivity contribution in [3.8, 4) is 5.75 Å². The molecule has 154 valence electrons. The molecule has 0 aliphatic carbocycles.